The fourth-order valence-electron chi connectivity index (χ4n) is 2.63. The molecule has 102 valence electrons. The van der Waals surface area contributed by atoms with E-state index in [1.165, 1.54) is 30.6 Å². The molecule has 3 heteroatoms. The van der Waals surface area contributed by atoms with Crippen LogP contribution in [0, 0.1) is 0 Å². The first kappa shape index (κ1) is 14.0. The van der Waals surface area contributed by atoms with Crippen LogP contribution in [0.1, 0.15) is 42.0 Å². The molecule has 0 aliphatic heterocycles. The van der Waals surface area contributed by atoms with Crippen LogP contribution in [0.4, 0.5) is 0 Å². The third-order valence-electron chi connectivity index (χ3n) is 3.85. The van der Waals surface area contributed by atoms with Gasteiger partial charge in [0.2, 0.25) is 0 Å². The quantitative estimate of drug-likeness (QED) is 0.763. The van der Waals surface area contributed by atoms with Crippen LogP contribution in [-0.2, 0) is 19.4 Å². The van der Waals surface area contributed by atoms with E-state index in [2.05, 4.69) is 30.1 Å². The Hall–Kier alpha value is -0.380. The van der Waals surface area contributed by atoms with Gasteiger partial charge in [-0.25, -0.2) is 0 Å². The largest absolute Gasteiger partial charge is 0.311 e. The van der Waals surface area contributed by atoms with E-state index in [1.807, 2.05) is 11.3 Å². The van der Waals surface area contributed by atoms with Crippen LogP contribution in [0.3, 0.4) is 0 Å². The van der Waals surface area contributed by atoms with E-state index in [0.29, 0.717) is 0 Å². The third kappa shape index (κ3) is 3.81. The molecule has 2 rings (SSSR count). The number of nitrogens with one attached hydrogen (secondary N) is 1. The average molecular weight is 266 g/mol. The van der Waals surface area contributed by atoms with E-state index >= 15 is 0 Å². The zero-order valence-corrected chi connectivity index (χ0v) is 12.6. The molecule has 18 heavy (non-hydrogen) atoms. The van der Waals surface area contributed by atoms with Crippen LogP contribution >= 0.6 is 11.3 Å². The lowest BCUT2D eigenvalue weighted by Crippen LogP contribution is -2.31. The molecule has 0 saturated carbocycles. The Morgan fingerprint density at radius 1 is 1.22 bits per heavy atom. The number of thiophene rings is 1. The fourth-order valence-corrected chi connectivity index (χ4v) is 3.86. The maximum Gasteiger partial charge on any atom is 0.0300 e. The van der Waals surface area contributed by atoms with Gasteiger partial charge in [0.1, 0.15) is 0 Å². The summed E-state index contributed by atoms with van der Waals surface area (Å²) in [7, 11) is 0. The van der Waals surface area contributed by atoms with Crippen molar-refractivity contribution >= 4 is 11.3 Å². The molecule has 0 fully saturated rings. The molecule has 1 aromatic heterocycles. The molecule has 1 aromatic rings. The SMILES string of the molecule is CCN(CC)CCNCc1cc2c(s1)CCCC2. The molecule has 0 amide bonds. The third-order valence-corrected chi connectivity index (χ3v) is 5.08. The van der Waals surface area contributed by atoms with Gasteiger partial charge in [-0.2, -0.15) is 0 Å². The molecule has 0 spiro atoms. The van der Waals surface area contributed by atoms with Crippen molar-refractivity contribution in [2.75, 3.05) is 26.2 Å². The smallest absolute Gasteiger partial charge is 0.0300 e. The first-order chi connectivity index (χ1) is 8.83. The molecule has 0 atom stereocenters. The normalized spacial score (nSPS) is 15.1. The van der Waals surface area contributed by atoms with Crippen molar-refractivity contribution in [3.8, 4) is 0 Å². The highest BCUT2D eigenvalue weighted by Crippen LogP contribution is 2.29. The molecule has 1 N–H and O–H groups in total. The summed E-state index contributed by atoms with van der Waals surface area (Å²) in [5.41, 5.74) is 1.63. The van der Waals surface area contributed by atoms with Crippen LogP contribution in [0.2, 0.25) is 0 Å². The molecule has 1 aliphatic rings. The molecule has 0 aromatic carbocycles. The Bertz CT molecular complexity index is 332. The van der Waals surface area contributed by atoms with E-state index in [4.69, 9.17) is 0 Å². The Morgan fingerprint density at radius 3 is 2.72 bits per heavy atom. The lowest BCUT2D eigenvalue weighted by Gasteiger charge is -2.17. The second kappa shape index (κ2) is 7.27. The van der Waals surface area contributed by atoms with Crippen LogP contribution in [0.15, 0.2) is 6.07 Å². The van der Waals surface area contributed by atoms with Gasteiger partial charge in [-0.3, -0.25) is 0 Å². The summed E-state index contributed by atoms with van der Waals surface area (Å²) in [6.45, 7) is 10.1. The van der Waals surface area contributed by atoms with Crippen molar-refractivity contribution < 1.29 is 0 Å². The second-order valence-electron chi connectivity index (χ2n) is 5.07. The van der Waals surface area contributed by atoms with Crippen LogP contribution in [-0.4, -0.2) is 31.1 Å². The number of rotatable bonds is 7. The Morgan fingerprint density at radius 2 is 2.00 bits per heavy atom. The lowest BCUT2D eigenvalue weighted by molar-refractivity contribution is 0.302. The minimum absolute atomic E-state index is 1.05. The van der Waals surface area contributed by atoms with Crippen molar-refractivity contribution in [2.45, 2.75) is 46.1 Å². The van der Waals surface area contributed by atoms with Crippen molar-refractivity contribution in [1.82, 2.24) is 10.2 Å². The summed E-state index contributed by atoms with van der Waals surface area (Å²) in [5, 5.41) is 3.58. The minimum atomic E-state index is 1.05. The van der Waals surface area contributed by atoms with Gasteiger partial charge in [-0.15, -0.1) is 11.3 Å². The maximum absolute atomic E-state index is 3.58. The first-order valence-electron chi connectivity index (χ1n) is 7.37. The van der Waals surface area contributed by atoms with Gasteiger partial charge in [0.05, 0.1) is 0 Å². The van der Waals surface area contributed by atoms with Gasteiger partial charge in [-0.1, -0.05) is 13.8 Å². The molecular formula is C15H26N2S. The van der Waals surface area contributed by atoms with Crippen molar-refractivity contribution in [2.24, 2.45) is 0 Å². The van der Waals surface area contributed by atoms with E-state index in [1.54, 1.807) is 10.4 Å². The van der Waals surface area contributed by atoms with Crippen LogP contribution in [0.5, 0.6) is 0 Å². The van der Waals surface area contributed by atoms with Gasteiger partial charge in [0.15, 0.2) is 0 Å². The predicted octanol–water partition coefficient (Wildman–Crippen LogP) is 3.06. The van der Waals surface area contributed by atoms with Gasteiger partial charge in [-0.05, 0) is 50.4 Å². The van der Waals surface area contributed by atoms with Crippen LogP contribution < -0.4 is 5.32 Å². The van der Waals surface area contributed by atoms with E-state index in [0.717, 1.165) is 32.7 Å². The summed E-state index contributed by atoms with van der Waals surface area (Å²) in [6.07, 6.45) is 5.41. The highest BCUT2D eigenvalue weighted by molar-refractivity contribution is 7.12. The summed E-state index contributed by atoms with van der Waals surface area (Å²) in [6, 6.07) is 2.43. The number of likely N-dealkylation sites (N-methyl/N-ethyl adjacent to an activating group) is 1. The summed E-state index contributed by atoms with van der Waals surface area (Å²) < 4.78 is 0. The van der Waals surface area contributed by atoms with E-state index in [-0.39, 0.29) is 0 Å². The number of fused-ring (bicyclic) bond motifs is 1. The van der Waals surface area contributed by atoms with Gasteiger partial charge in [0.25, 0.3) is 0 Å². The van der Waals surface area contributed by atoms with Gasteiger partial charge in [0, 0.05) is 29.4 Å². The fraction of sp³-hybridized carbons (Fsp3) is 0.733. The minimum Gasteiger partial charge on any atom is -0.311 e. The number of nitrogens with zero attached hydrogens (tertiary/aromatic N) is 1. The van der Waals surface area contributed by atoms with Crippen molar-refractivity contribution in [1.29, 1.82) is 0 Å². The zero-order valence-electron chi connectivity index (χ0n) is 11.8. The Balaban J connectivity index is 1.72. The average Bonchev–Trinajstić information content (AvgIpc) is 2.81. The molecule has 0 bridgehead atoms. The van der Waals surface area contributed by atoms with Crippen molar-refractivity contribution in [3.63, 3.8) is 0 Å². The topological polar surface area (TPSA) is 15.3 Å². The van der Waals surface area contributed by atoms with E-state index in [9.17, 15) is 0 Å². The van der Waals surface area contributed by atoms with Crippen molar-refractivity contribution in [3.05, 3.63) is 21.4 Å². The maximum atomic E-state index is 3.58. The second-order valence-corrected chi connectivity index (χ2v) is 6.29. The first-order valence-corrected chi connectivity index (χ1v) is 8.18. The highest BCUT2D eigenvalue weighted by atomic mass is 32.1. The monoisotopic (exact) mass is 266 g/mol. The van der Waals surface area contributed by atoms with Gasteiger partial charge >= 0.3 is 0 Å². The molecule has 0 unspecified atom stereocenters. The standard InChI is InChI=1S/C15H26N2S/c1-3-17(4-2)10-9-16-12-14-11-13-7-5-6-8-15(13)18-14/h11,16H,3-10,12H2,1-2H3. The Labute approximate surface area is 115 Å². The van der Waals surface area contributed by atoms with E-state index < -0.39 is 0 Å². The molecular weight excluding hydrogens is 240 g/mol. The number of hydrogen-bond acceptors (Lipinski definition) is 3. The summed E-state index contributed by atoms with van der Waals surface area (Å²) in [4.78, 5) is 5.65. The molecule has 1 aliphatic carbocycles. The molecule has 0 saturated heterocycles. The highest BCUT2D eigenvalue weighted by Gasteiger charge is 2.12. The zero-order chi connectivity index (χ0) is 12.8. The number of aryl methyl sites for hydroxylation is 2. The number of hydrogen-bond donors (Lipinski definition) is 1. The lowest BCUT2D eigenvalue weighted by atomic mass is 9.99. The van der Waals surface area contributed by atoms with Gasteiger partial charge < -0.3 is 10.2 Å². The molecule has 1 heterocycles. The molecule has 0 radical (unpaired) electrons. The Kier molecular flexibility index (Phi) is 5.67. The predicted molar refractivity (Wildman–Crippen MR) is 80.5 cm³/mol. The molecule has 2 nitrogen and oxygen atoms in total. The summed E-state index contributed by atoms with van der Waals surface area (Å²) in [5.74, 6) is 0. The van der Waals surface area contributed by atoms with Crippen LogP contribution in [0.25, 0.3) is 0 Å². The summed E-state index contributed by atoms with van der Waals surface area (Å²) >= 11 is 2.03.